The van der Waals surface area contributed by atoms with E-state index >= 15 is 0 Å². The third-order valence-electron chi connectivity index (χ3n) is 3.64. The van der Waals surface area contributed by atoms with E-state index in [2.05, 4.69) is 26.1 Å². The van der Waals surface area contributed by atoms with E-state index in [0.29, 0.717) is 12.3 Å². The van der Waals surface area contributed by atoms with Gasteiger partial charge in [-0.15, -0.1) is 12.4 Å². The molecule has 24 heavy (non-hydrogen) atoms. The molecule has 0 saturated carbocycles. The summed E-state index contributed by atoms with van der Waals surface area (Å²) in [7, 11) is 0. The van der Waals surface area contributed by atoms with Crippen LogP contribution in [-0.4, -0.2) is 56.8 Å². The zero-order chi connectivity index (χ0) is 16.5. The second-order valence-electron chi connectivity index (χ2n) is 5.49. The Balaban J connectivity index is 0.00000288. The van der Waals surface area contributed by atoms with Crippen molar-refractivity contribution < 1.29 is 14.3 Å². The average molecular weight is 423 g/mol. The van der Waals surface area contributed by atoms with Crippen LogP contribution in [0.5, 0.6) is 5.75 Å². The van der Waals surface area contributed by atoms with Gasteiger partial charge in [0.15, 0.2) is 6.61 Å². The van der Waals surface area contributed by atoms with Crippen LogP contribution in [0.2, 0.25) is 0 Å². The van der Waals surface area contributed by atoms with Crippen LogP contribution in [0.25, 0.3) is 0 Å². The number of carbonyl (C=O) groups excluding carboxylic acids is 1. The summed E-state index contributed by atoms with van der Waals surface area (Å²) < 4.78 is 11.8. The Morgan fingerprint density at radius 3 is 2.83 bits per heavy atom. The minimum atomic E-state index is -0.475. The molecule has 8 heteroatoms. The molecule has 3 N–H and O–H groups in total. The number of benzene rings is 1. The number of nitrogens with one attached hydrogen (secondary N) is 1. The summed E-state index contributed by atoms with van der Waals surface area (Å²) in [5.74, 6) is 0.213. The molecule has 1 amide bonds. The molecule has 0 unspecified atom stereocenters. The number of amides is 1. The summed E-state index contributed by atoms with van der Waals surface area (Å²) in [5, 5.41) is 3.42. The third kappa shape index (κ3) is 7.81. The van der Waals surface area contributed by atoms with Crippen LogP contribution in [0, 0.1) is 0 Å². The van der Waals surface area contributed by atoms with Gasteiger partial charge in [-0.1, -0.05) is 15.9 Å². The van der Waals surface area contributed by atoms with Crippen molar-refractivity contribution >= 4 is 34.2 Å². The van der Waals surface area contributed by atoms with Gasteiger partial charge in [0, 0.05) is 29.7 Å². The average Bonchev–Trinajstić information content (AvgIpc) is 2.54. The van der Waals surface area contributed by atoms with Crippen molar-refractivity contribution in [3.63, 3.8) is 0 Å². The number of nitrogens with two attached hydrogens (primary N) is 1. The van der Waals surface area contributed by atoms with E-state index in [4.69, 9.17) is 15.2 Å². The van der Waals surface area contributed by atoms with Crippen molar-refractivity contribution in [1.29, 1.82) is 0 Å². The van der Waals surface area contributed by atoms with E-state index in [1.165, 1.54) is 0 Å². The van der Waals surface area contributed by atoms with Gasteiger partial charge in [-0.3, -0.25) is 9.69 Å². The van der Waals surface area contributed by atoms with Crippen LogP contribution in [0.3, 0.4) is 0 Å². The zero-order valence-corrected chi connectivity index (χ0v) is 16.0. The molecule has 0 atom stereocenters. The first-order valence-electron chi connectivity index (χ1n) is 7.85. The molecule has 1 saturated heterocycles. The Morgan fingerprint density at radius 1 is 1.38 bits per heavy atom. The van der Waals surface area contributed by atoms with Crippen LogP contribution in [0.15, 0.2) is 22.7 Å². The molecule has 0 aromatic heterocycles. The van der Waals surface area contributed by atoms with Crippen LogP contribution in [0.1, 0.15) is 12.0 Å². The molecule has 0 bridgehead atoms. The van der Waals surface area contributed by atoms with Gasteiger partial charge in [0.25, 0.3) is 5.91 Å². The number of ether oxygens (including phenoxy) is 2. The summed E-state index contributed by atoms with van der Waals surface area (Å²) in [6, 6.07) is 5.72. The fourth-order valence-electron chi connectivity index (χ4n) is 2.45. The second kappa shape index (κ2) is 11.7. The van der Waals surface area contributed by atoms with Crippen LogP contribution >= 0.6 is 28.3 Å². The van der Waals surface area contributed by atoms with Gasteiger partial charge < -0.3 is 20.5 Å². The van der Waals surface area contributed by atoms with Crippen molar-refractivity contribution in [2.45, 2.75) is 13.0 Å². The standard InChI is InChI=1S/C16H24BrN3O3.ClH/c17-14-2-3-15(23-12-16(18)21)13(10-14)11-19-4-1-5-20-6-8-22-9-7-20;/h2-3,10,19H,1,4-9,11-12H2,(H2,18,21);1H. The summed E-state index contributed by atoms with van der Waals surface area (Å²) in [6.07, 6.45) is 1.09. The molecular weight excluding hydrogens is 398 g/mol. The summed E-state index contributed by atoms with van der Waals surface area (Å²) in [5.41, 5.74) is 6.13. The lowest BCUT2D eigenvalue weighted by Crippen LogP contribution is -2.37. The van der Waals surface area contributed by atoms with Crippen molar-refractivity contribution in [1.82, 2.24) is 10.2 Å². The molecule has 1 heterocycles. The van der Waals surface area contributed by atoms with E-state index in [1.54, 1.807) is 0 Å². The number of morpholine rings is 1. The molecular formula is C16H25BrClN3O3. The van der Waals surface area contributed by atoms with Gasteiger partial charge in [0.05, 0.1) is 13.2 Å². The molecule has 0 spiro atoms. The molecule has 1 fully saturated rings. The van der Waals surface area contributed by atoms with Gasteiger partial charge in [-0.05, 0) is 37.7 Å². The minimum Gasteiger partial charge on any atom is -0.483 e. The summed E-state index contributed by atoms with van der Waals surface area (Å²) >= 11 is 3.46. The first-order chi connectivity index (χ1) is 11.1. The highest BCUT2D eigenvalue weighted by Gasteiger charge is 2.09. The van der Waals surface area contributed by atoms with Crippen molar-refractivity contribution in [3.8, 4) is 5.75 Å². The SMILES string of the molecule is Cl.NC(=O)COc1ccc(Br)cc1CNCCCN1CCOCC1. The third-order valence-corrected chi connectivity index (χ3v) is 4.13. The highest BCUT2D eigenvalue weighted by atomic mass is 79.9. The molecule has 1 aromatic carbocycles. The predicted octanol–water partition coefficient (Wildman–Crippen LogP) is 1.55. The van der Waals surface area contributed by atoms with E-state index in [1.807, 2.05) is 18.2 Å². The lowest BCUT2D eigenvalue weighted by atomic mass is 10.2. The maximum atomic E-state index is 10.9. The summed E-state index contributed by atoms with van der Waals surface area (Å²) in [6.45, 7) is 6.33. The zero-order valence-electron chi connectivity index (χ0n) is 13.6. The minimum absolute atomic E-state index is 0. The van der Waals surface area contributed by atoms with Crippen molar-refractivity contribution in [2.24, 2.45) is 5.73 Å². The van der Waals surface area contributed by atoms with Crippen LogP contribution in [0.4, 0.5) is 0 Å². The Hall–Kier alpha value is -0.860. The number of hydrogen-bond donors (Lipinski definition) is 2. The highest BCUT2D eigenvalue weighted by Crippen LogP contribution is 2.23. The van der Waals surface area contributed by atoms with Crippen LogP contribution < -0.4 is 15.8 Å². The maximum Gasteiger partial charge on any atom is 0.255 e. The lowest BCUT2D eigenvalue weighted by Gasteiger charge is -2.26. The van der Waals surface area contributed by atoms with Gasteiger partial charge in [0.1, 0.15) is 5.75 Å². The number of halogens is 2. The highest BCUT2D eigenvalue weighted by molar-refractivity contribution is 9.10. The lowest BCUT2D eigenvalue weighted by molar-refractivity contribution is -0.119. The molecule has 2 rings (SSSR count). The topological polar surface area (TPSA) is 76.8 Å². The fourth-order valence-corrected chi connectivity index (χ4v) is 2.86. The summed E-state index contributed by atoms with van der Waals surface area (Å²) in [4.78, 5) is 13.3. The molecule has 1 aliphatic heterocycles. The van der Waals surface area contributed by atoms with E-state index in [9.17, 15) is 4.79 Å². The smallest absolute Gasteiger partial charge is 0.255 e. The number of hydrogen-bond acceptors (Lipinski definition) is 5. The largest absolute Gasteiger partial charge is 0.483 e. The number of primary amides is 1. The predicted molar refractivity (Wildman–Crippen MR) is 99.7 cm³/mol. The Labute approximate surface area is 157 Å². The number of carbonyl (C=O) groups is 1. The van der Waals surface area contributed by atoms with Gasteiger partial charge in [-0.25, -0.2) is 0 Å². The molecule has 0 aliphatic carbocycles. The van der Waals surface area contributed by atoms with Crippen molar-refractivity contribution in [3.05, 3.63) is 28.2 Å². The van der Waals surface area contributed by atoms with E-state index < -0.39 is 5.91 Å². The van der Waals surface area contributed by atoms with Gasteiger partial charge in [-0.2, -0.15) is 0 Å². The first-order valence-corrected chi connectivity index (χ1v) is 8.65. The monoisotopic (exact) mass is 421 g/mol. The normalized spacial score (nSPS) is 14.9. The second-order valence-corrected chi connectivity index (χ2v) is 6.41. The number of nitrogens with zero attached hydrogens (tertiary/aromatic N) is 1. The van der Waals surface area contributed by atoms with E-state index in [-0.39, 0.29) is 19.0 Å². The van der Waals surface area contributed by atoms with E-state index in [0.717, 1.165) is 55.8 Å². The Kier molecular flexibility index (Phi) is 10.3. The first kappa shape index (κ1) is 21.2. The van der Waals surface area contributed by atoms with Gasteiger partial charge in [0.2, 0.25) is 0 Å². The maximum absolute atomic E-state index is 10.9. The quantitative estimate of drug-likeness (QED) is 0.591. The fraction of sp³-hybridized carbons (Fsp3) is 0.562. The number of rotatable bonds is 9. The Bertz CT molecular complexity index is 513. The molecule has 1 aromatic rings. The Morgan fingerprint density at radius 2 is 2.12 bits per heavy atom. The molecule has 1 aliphatic rings. The van der Waals surface area contributed by atoms with Gasteiger partial charge >= 0.3 is 0 Å². The van der Waals surface area contributed by atoms with Crippen LogP contribution in [-0.2, 0) is 16.1 Å². The molecule has 136 valence electrons. The van der Waals surface area contributed by atoms with Crippen molar-refractivity contribution in [2.75, 3.05) is 46.0 Å². The molecule has 0 radical (unpaired) electrons. The molecule has 6 nitrogen and oxygen atoms in total.